The number of unbranched alkanes of at least 4 members (excludes halogenated alkanes) is 1. The molecule has 0 saturated carbocycles. The van der Waals surface area contributed by atoms with Gasteiger partial charge in [0.2, 0.25) is 0 Å². The molecule has 0 N–H and O–H groups in total. The SMILES string of the molecule is O=S(=O)(Cl)c1c(Br)sc2ccnc(Cl)c12.[CH2-]CCC.[Li+]. The second-order valence-electron chi connectivity index (χ2n) is 3.47. The number of hydrogen-bond donors (Lipinski definition) is 0. The van der Waals surface area contributed by atoms with E-state index in [1.165, 1.54) is 24.0 Å². The van der Waals surface area contributed by atoms with E-state index in [2.05, 4.69) is 34.8 Å². The van der Waals surface area contributed by atoms with Gasteiger partial charge in [0.05, 0.1) is 9.17 Å². The van der Waals surface area contributed by atoms with Crippen LogP contribution in [0.4, 0.5) is 0 Å². The smallest absolute Gasteiger partial charge is 0.343 e. The van der Waals surface area contributed by atoms with Crippen LogP contribution in [0, 0.1) is 6.92 Å². The maximum absolute atomic E-state index is 11.3. The van der Waals surface area contributed by atoms with Crippen molar-refractivity contribution in [2.24, 2.45) is 0 Å². The van der Waals surface area contributed by atoms with Crippen LogP contribution in [0.1, 0.15) is 19.8 Å². The molecule has 106 valence electrons. The van der Waals surface area contributed by atoms with Gasteiger partial charge >= 0.3 is 18.9 Å². The van der Waals surface area contributed by atoms with Crippen LogP contribution in [0.15, 0.2) is 20.9 Å². The topological polar surface area (TPSA) is 47.0 Å². The largest absolute Gasteiger partial charge is 1.00 e. The first-order valence-corrected chi connectivity index (χ1v) is 9.59. The van der Waals surface area contributed by atoms with E-state index >= 15 is 0 Å². The predicted molar refractivity (Wildman–Crippen MR) is 85.6 cm³/mol. The van der Waals surface area contributed by atoms with E-state index in [1.807, 2.05) is 0 Å². The van der Waals surface area contributed by atoms with Gasteiger partial charge in [-0.15, -0.1) is 11.3 Å². The van der Waals surface area contributed by atoms with Crippen molar-refractivity contribution in [2.75, 3.05) is 0 Å². The maximum atomic E-state index is 11.3. The molecule has 0 unspecified atom stereocenters. The zero-order valence-corrected chi connectivity index (χ0v) is 15.7. The Morgan fingerprint density at radius 1 is 1.50 bits per heavy atom. The molecule has 2 aromatic heterocycles. The number of aromatic nitrogens is 1. The van der Waals surface area contributed by atoms with Gasteiger partial charge in [0.15, 0.2) is 0 Å². The fraction of sp³-hybridized carbons (Fsp3) is 0.273. The Kier molecular flexibility index (Phi) is 9.31. The van der Waals surface area contributed by atoms with E-state index in [0.717, 1.165) is 11.1 Å². The van der Waals surface area contributed by atoms with Gasteiger partial charge in [-0.2, -0.15) is 6.42 Å². The molecular weight excluding hydrogens is 400 g/mol. The maximum Gasteiger partial charge on any atom is 1.00 e. The summed E-state index contributed by atoms with van der Waals surface area (Å²) in [7, 11) is 1.49. The monoisotopic (exact) mass is 409 g/mol. The van der Waals surface area contributed by atoms with E-state index in [9.17, 15) is 8.42 Å². The second kappa shape index (κ2) is 8.99. The second-order valence-corrected chi connectivity index (χ2v) is 8.70. The van der Waals surface area contributed by atoms with E-state index in [4.69, 9.17) is 22.3 Å². The zero-order chi connectivity index (χ0) is 14.6. The Balaban J connectivity index is 0.000000644. The zero-order valence-electron chi connectivity index (χ0n) is 11.0. The first-order chi connectivity index (χ1) is 8.82. The minimum Gasteiger partial charge on any atom is -0.343 e. The van der Waals surface area contributed by atoms with E-state index in [0.29, 0.717) is 9.17 Å². The first kappa shape index (κ1) is 20.7. The van der Waals surface area contributed by atoms with Crippen LogP contribution in [-0.4, -0.2) is 13.4 Å². The Hall–Kier alpha value is 0.717. The van der Waals surface area contributed by atoms with Crippen LogP contribution in [0.5, 0.6) is 0 Å². The van der Waals surface area contributed by atoms with E-state index < -0.39 is 9.05 Å². The Labute approximate surface area is 152 Å². The number of pyridine rings is 1. The van der Waals surface area contributed by atoms with Crippen LogP contribution in [-0.2, 0) is 9.05 Å². The summed E-state index contributed by atoms with van der Waals surface area (Å²) in [4.78, 5) is 3.81. The van der Waals surface area contributed by atoms with Crippen molar-refractivity contribution < 1.29 is 27.3 Å². The van der Waals surface area contributed by atoms with Gasteiger partial charge in [0.25, 0.3) is 9.05 Å². The van der Waals surface area contributed by atoms with Crippen LogP contribution in [0.3, 0.4) is 0 Å². The summed E-state index contributed by atoms with van der Waals surface area (Å²) in [5.41, 5.74) is 0. The minimum absolute atomic E-state index is 0. The van der Waals surface area contributed by atoms with Crippen molar-refractivity contribution >= 4 is 68.7 Å². The third-order valence-electron chi connectivity index (χ3n) is 2.07. The van der Waals surface area contributed by atoms with Crippen LogP contribution >= 0.6 is 49.6 Å². The molecule has 0 aliphatic rings. The van der Waals surface area contributed by atoms with Crippen LogP contribution < -0.4 is 18.9 Å². The summed E-state index contributed by atoms with van der Waals surface area (Å²) in [5, 5.41) is 0.500. The van der Waals surface area contributed by atoms with Crippen molar-refractivity contribution in [1.29, 1.82) is 0 Å². The number of nitrogens with zero attached hydrogens (tertiary/aromatic N) is 1. The Bertz CT molecular complexity index is 674. The van der Waals surface area contributed by atoms with Crippen molar-refractivity contribution in [2.45, 2.75) is 24.7 Å². The average Bonchev–Trinajstić information content (AvgIpc) is 2.67. The summed E-state index contributed by atoms with van der Waals surface area (Å²) in [6, 6.07) is 1.68. The van der Waals surface area contributed by atoms with Gasteiger partial charge in [0.1, 0.15) is 10.0 Å². The molecule has 0 amide bonds. The number of halogens is 3. The summed E-state index contributed by atoms with van der Waals surface area (Å²) >= 11 is 10.2. The third kappa shape index (κ3) is 5.17. The molecular formula is C11H11BrCl2LiNO2S2. The quantitative estimate of drug-likeness (QED) is 0.330. The number of thiophene rings is 1. The molecule has 0 spiro atoms. The predicted octanol–water partition coefficient (Wildman–Crippen LogP) is 2.26. The fourth-order valence-corrected chi connectivity index (χ4v) is 5.75. The summed E-state index contributed by atoms with van der Waals surface area (Å²) in [6.45, 7) is 5.72. The molecule has 20 heavy (non-hydrogen) atoms. The first-order valence-electron chi connectivity index (χ1n) is 5.29. The number of rotatable bonds is 2. The average molecular weight is 411 g/mol. The molecule has 0 radical (unpaired) electrons. The molecule has 2 rings (SSSR count). The summed E-state index contributed by atoms with van der Waals surface area (Å²) in [5.74, 6) is 0. The molecule has 0 aromatic carbocycles. The minimum atomic E-state index is -3.83. The van der Waals surface area contributed by atoms with Gasteiger partial charge in [-0.05, 0) is 22.0 Å². The van der Waals surface area contributed by atoms with Gasteiger partial charge in [-0.25, -0.2) is 13.4 Å². The fourth-order valence-electron chi connectivity index (χ4n) is 1.17. The normalized spacial score (nSPS) is 10.7. The molecule has 0 aliphatic heterocycles. The van der Waals surface area contributed by atoms with Gasteiger partial charge < -0.3 is 6.92 Å². The molecule has 3 nitrogen and oxygen atoms in total. The molecule has 0 atom stereocenters. The van der Waals surface area contributed by atoms with Gasteiger partial charge in [-0.1, -0.05) is 24.9 Å². The van der Waals surface area contributed by atoms with E-state index in [1.54, 1.807) is 6.07 Å². The summed E-state index contributed by atoms with van der Waals surface area (Å²) < 4.78 is 23.8. The summed E-state index contributed by atoms with van der Waals surface area (Å²) in [6.07, 6.45) is 3.79. The number of hydrogen-bond acceptors (Lipinski definition) is 4. The molecule has 0 aliphatic carbocycles. The molecule has 0 saturated heterocycles. The Morgan fingerprint density at radius 3 is 2.50 bits per heavy atom. The van der Waals surface area contributed by atoms with Crippen molar-refractivity contribution in [3.05, 3.63) is 28.1 Å². The van der Waals surface area contributed by atoms with Gasteiger partial charge in [-0.3, -0.25) is 0 Å². The molecule has 0 fully saturated rings. The van der Waals surface area contributed by atoms with Crippen LogP contribution in [0.25, 0.3) is 10.1 Å². The van der Waals surface area contributed by atoms with E-state index in [-0.39, 0.29) is 28.9 Å². The molecule has 2 heterocycles. The van der Waals surface area contributed by atoms with Gasteiger partial charge in [0, 0.05) is 21.6 Å². The standard InChI is InChI=1S/C7H2BrCl2NO2S2.C4H9.Li/c8-6-5(15(10,12)13)4-3(14-6)1-2-11-7(4)9;1-3-4-2;/h1-2H;1,3-4H2,2H3;/q;-1;+1. The van der Waals surface area contributed by atoms with Crippen LogP contribution in [0.2, 0.25) is 5.15 Å². The molecule has 2 aromatic rings. The molecule has 0 bridgehead atoms. The van der Waals surface area contributed by atoms with Crippen molar-refractivity contribution in [1.82, 2.24) is 4.98 Å². The van der Waals surface area contributed by atoms with Crippen molar-refractivity contribution in [3.63, 3.8) is 0 Å². The third-order valence-corrected chi connectivity index (χ3v) is 5.93. The Morgan fingerprint density at radius 2 is 2.05 bits per heavy atom. The number of fused-ring (bicyclic) bond motifs is 1. The van der Waals surface area contributed by atoms with Crippen molar-refractivity contribution in [3.8, 4) is 0 Å². The molecule has 9 heteroatoms.